The summed E-state index contributed by atoms with van der Waals surface area (Å²) in [5.74, 6) is -2.01. The first-order chi connectivity index (χ1) is 14.7. The Bertz CT molecular complexity index is 524. The zero-order valence-electron chi connectivity index (χ0n) is 19.9. The third-order valence-corrected chi connectivity index (χ3v) is 4.16. The van der Waals surface area contributed by atoms with Gasteiger partial charge >= 0.3 is 17.9 Å². The van der Waals surface area contributed by atoms with Crippen molar-refractivity contribution in [2.24, 2.45) is 0 Å². The number of ether oxygens (including phenoxy) is 3. The van der Waals surface area contributed by atoms with Gasteiger partial charge in [-0.05, 0) is 19.4 Å². The highest BCUT2D eigenvalue weighted by Gasteiger charge is 2.05. The van der Waals surface area contributed by atoms with E-state index in [2.05, 4.69) is 40.9 Å². The maximum atomic E-state index is 11.1. The minimum Gasteiger partial charge on any atom is -0.490 e. The summed E-state index contributed by atoms with van der Waals surface area (Å²) in [6.45, 7) is 12.2. The summed E-state index contributed by atoms with van der Waals surface area (Å²) in [6.07, 6.45) is 15.0. The number of carbonyl (C=O) groups is 3. The summed E-state index contributed by atoms with van der Waals surface area (Å²) < 4.78 is 13.0. The Balaban J connectivity index is -0.000000492. The fourth-order valence-corrected chi connectivity index (χ4v) is 2.24. The van der Waals surface area contributed by atoms with Gasteiger partial charge in [0.05, 0.1) is 21.3 Å². The average Bonchev–Trinajstić information content (AvgIpc) is 2.78. The van der Waals surface area contributed by atoms with Crippen LogP contribution < -0.4 is 0 Å². The first-order valence-corrected chi connectivity index (χ1v) is 10.6. The van der Waals surface area contributed by atoms with E-state index in [-0.39, 0.29) is 11.7 Å². The van der Waals surface area contributed by atoms with E-state index in [1.54, 1.807) is 0 Å². The predicted octanol–water partition coefficient (Wildman–Crippen LogP) is 5.60. The number of esters is 2. The van der Waals surface area contributed by atoms with Gasteiger partial charge in [-0.25, -0.2) is 14.4 Å². The monoisotopic (exact) mass is 442 g/mol. The largest absolute Gasteiger partial charge is 0.490 e. The molecule has 0 fully saturated rings. The number of methoxy groups -OCH3 is 3. The van der Waals surface area contributed by atoms with E-state index in [0.717, 1.165) is 18.9 Å². The fourth-order valence-electron chi connectivity index (χ4n) is 2.24. The average molecular weight is 443 g/mol. The van der Waals surface area contributed by atoms with Crippen molar-refractivity contribution in [3.8, 4) is 0 Å². The Kier molecular flexibility index (Phi) is 27.2. The van der Waals surface area contributed by atoms with Crippen LogP contribution in [0.15, 0.2) is 37.1 Å². The third-order valence-electron chi connectivity index (χ3n) is 4.16. The Morgan fingerprint density at radius 2 is 1.23 bits per heavy atom. The second-order valence-electron chi connectivity index (χ2n) is 6.69. The minimum absolute atomic E-state index is 0.236. The van der Waals surface area contributed by atoms with Crippen LogP contribution in [0.1, 0.15) is 77.6 Å². The number of carboxylic acid groups (broad SMARTS) is 1. The molecule has 0 saturated heterocycles. The molecular weight excluding hydrogens is 400 g/mol. The summed E-state index contributed by atoms with van der Waals surface area (Å²) in [5.41, 5.74) is 0.608. The van der Waals surface area contributed by atoms with Crippen LogP contribution in [0.2, 0.25) is 0 Å². The number of hydrogen-bond acceptors (Lipinski definition) is 6. The van der Waals surface area contributed by atoms with Crippen molar-refractivity contribution in [3.05, 3.63) is 37.1 Å². The van der Waals surface area contributed by atoms with Gasteiger partial charge in [0, 0.05) is 11.6 Å². The first-order valence-electron chi connectivity index (χ1n) is 10.6. The van der Waals surface area contributed by atoms with Crippen LogP contribution in [0.5, 0.6) is 0 Å². The number of hydrogen-bond donors (Lipinski definition) is 1. The van der Waals surface area contributed by atoms with Crippen LogP contribution >= 0.6 is 0 Å². The van der Waals surface area contributed by atoms with Crippen molar-refractivity contribution in [2.45, 2.75) is 77.6 Å². The molecular formula is C24H42O7. The standard InChI is InChI=1S/C16H30O2.C4H6O3.C4H6O2/c1-4-5-6-7-8-9-10-11-12-13-14-15(2)16(17)18-3;1-3(7-2)4(5)6;1-3-4(5)6-2/h2,4-14H2,1,3H3;1H2,2H3,(H,5,6);3H,1H2,2H3. The Morgan fingerprint density at radius 3 is 1.48 bits per heavy atom. The molecule has 7 heteroatoms. The van der Waals surface area contributed by atoms with Crippen molar-refractivity contribution in [2.75, 3.05) is 21.3 Å². The Morgan fingerprint density at radius 1 is 0.774 bits per heavy atom. The third kappa shape index (κ3) is 27.4. The second kappa shape index (κ2) is 25.5. The molecule has 31 heavy (non-hydrogen) atoms. The summed E-state index contributed by atoms with van der Waals surface area (Å²) in [4.78, 5) is 30.6. The molecule has 0 aliphatic rings. The van der Waals surface area contributed by atoms with Gasteiger partial charge < -0.3 is 19.3 Å². The van der Waals surface area contributed by atoms with Crippen molar-refractivity contribution >= 4 is 17.9 Å². The smallest absolute Gasteiger partial charge is 0.370 e. The Hall–Kier alpha value is -2.57. The summed E-state index contributed by atoms with van der Waals surface area (Å²) in [5, 5.41) is 7.96. The maximum Gasteiger partial charge on any atom is 0.370 e. The van der Waals surface area contributed by atoms with Gasteiger partial charge in [-0.1, -0.05) is 77.9 Å². The zero-order valence-corrected chi connectivity index (χ0v) is 19.9. The van der Waals surface area contributed by atoms with Gasteiger partial charge in [-0.15, -0.1) is 0 Å². The minimum atomic E-state index is -1.12. The quantitative estimate of drug-likeness (QED) is 0.152. The van der Waals surface area contributed by atoms with Gasteiger partial charge in [0.1, 0.15) is 0 Å². The number of unbranched alkanes of at least 4 members (excludes halogenated alkanes) is 9. The first kappa shape index (κ1) is 33.1. The van der Waals surface area contributed by atoms with Crippen molar-refractivity contribution in [3.63, 3.8) is 0 Å². The lowest BCUT2D eigenvalue weighted by Crippen LogP contribution is -2.03. The zero-order chi connectivity index (χ0) is 24.5. The highest BCUT2D eigenvalue weighted by Crippen LogP contribution is 2.13. The highest BCUT2D eigenvalue weighted by molar-refractivity contribution is 5.87. The van der Waals surface area contributed by atoms with Crippen LogP contribution in [0.25, 0.3) is 0 Å². The van der Waals surface area contributed by atoms with Crippen LogP contribution in [0.3, 0.4) is 0 Å². The molecule has 0 radical (unpaired) electrons. The second-order valence-corrected chi connectivity index (χ2v) is 6.69. The molecule has 0 aromatic rings. The van der Waals surface area contributed by atoms with E-state index in [1.165, 1.54) is 79.1 Å². The molecule has 0 rings (SSSR count). The molecule has 0 saturated carbocycles. The van der Waals surface area contributed by atoms with Crippen LogP contribution in [0.4, 0.5) is 0 Å². The van der Waals surface area contributed by atoms with E-state index in [0.29, 0.717) is 5.57 Å². The van der Waals surface area contributed by atoms with Crippen molar-refractivity contribution in [1.29, 1.82) is 0 Å². The van der Waals surface area contributed by atoms with E-state index in [1.807, 2.05) is 0 Å². The molecule has 1 N–H and O–H groups in total. The number of carboxylic acids is 1. The van der Waals surface area contributed by atoms with E-state index >= 15 is 0 Å². The van der Waals surface area contributed by atoms with E-state index in [9.17, 15) is 14.4 Å². The molecule has 7 nitrogen and oxygen atoms in total. The number of aliphatic carboxylic acids is 1. The van der Waals surface area contributed by atoms with Crippen LogP contribution in [-0.2, 0) is 28.6 Å². The van der Waals surface area contributed by atoms with Gasteiger partial charge in [-0.2, -0.15) is 0 Å². The van der Waals surface area contributed by atoms with Crippen molar-refractivity contribution in [1.82, 2.24) is 0 Å². The summed E-state index contributed by atoms with van der Waals surface area (Å²) in [7, 11) is 3.98. The molecule has 0 unspecified atom stereocenters. The van der Waals surface area contributed by atoms with Crippen LogP contribution in [-0.4, -0.2) is 44.3 Å². The lowest BCUT2D eigenvalue weighted by molar-refractivity contribution is -0.137. The Labute approximate surface area is 188 Å². The predicted molar refractivity (Wildman–Crippen MR) is 124 cm³/mol. The molecule has 0 heterocycles. The molecule has 0 atom stereocenters. The van der Waals surface area contributed by atoms with Gasteiger partial charge in [0.25, 0.3) is 0 Å². The normalized spacial score (nSPS) is 9.03. The summed E-state index contributed by atoms with van der Waals surface area (Å²) in [6, 6.07) is 0. The maximum absolute atomic E-state index is 11.1. The molecule has 0 aromatic heterocycles. The topological polar surface area (TPSA) is 99.1 Å². The molecule has 0 amide bonds. The van der Waals surface area contributed by atoms with E-state index in [4.69, 9.17) is 5.11 Å². The fraction of sp³-hybridized carbons (Fsp3) is 0.625. The van der Waals surface area contributed by atoms with Crippen molar-refractivity contribution < 1.29 is 33.7 Å². The molecule has 0 spiro atoms. The SMILES string of the molecule is C=C(CCCCCCCCCCCC)C(=O)OC.C=C(OC)C(=O)O.C=CC(=O)OC. The van der Waals surface area contributed by atoms with E-state index < -0.39 is 11.9 Å². The van der Waals surface area contributed by atoms with Gasteiger partial charge in [0.2, 0.25) is 0 Å². The number of carbonyl (C=O) groups excluding carboxylic acids is 2. The highest BCUT2D eigenvalue weighted by atomic mass is 16.5. The summed E-state index contributed by atoms with van der Waals surface area (Å²) >= 11 is 0. The molecule has 0 bridgehead atoms. The molecule has 180 valence electrons. The molecule has 0 aliphatic heterocycles. The molecule has 0 aromatic carbocycles. The van der Waals surface area contributed by atoms with Gasteiger partial charge in [-0.3, -0.25) is 0 Å². The lowest BCUT2D eigenvalue weighted by Gasteiger charge is -2.04. The number of rotatable bonds is 15. The lowest BCUT2D eigenvalue weighted by atomic mass is 10.0. The van der Waals surface area contributed by atoms with Crippen LogP contribution in [0, 0.1) is 0 Å². The van der Waals surface area contributed by atoms with Gasteiger partial charge in [0.15, 0.2) is 5.76 Å². The molecule has 0 aliphatic carbocycles.